The number of fused-ring (bicyclic) bond motifs is 1. The van der Waals surface area contributed by atoms with Gasteiger partial charge in [0, 0.05) is 23.5 Å². The lowest BCUT2D eigenvalue weighted by molar-refractivity contribution is -0.137. The van der Waals surface area contributed by atoms with E-state index in [1.54, 1.807) is 0 Å². The van der Waals surface area contributed by atoms with Gasteiger partial charge >= 0.3 is 5.97 Å². The Labute approximate surface area is 147 Å². The number of carbonyl (C=O) groups is 1. The van der Waals surface area contributed by atoms with Crippen LogP contribution in [0.4, 0.5) is 0 Å². The third kappa shape index (κ3) is 4.59. The number of carboxylic acid groups (broad SMARTS) is 1. The molecular formula is C20H22ClNO2. The monoisotopic (exact) mass is 343 g/mol. The quantitative estimate of drug-likeness (QED) is 0.802. The van der Waals surface area contributed by atoms with Crippen LogP contribution in [0, 0.1) is 0 Å². The van der Waals surface area contributed by atoms with Crippen LogP contribution in [0.1, 0.15) is 29.5 Å². The van der Waals surface area contributed by atoms with E-state index in [1.807, 2.05) is 30.3 Å². The summed E-state index contributed by atoms with van der Waals surface area (Å²) in [6, 6.07) is 16.8. The molecule has 2 aromatic rings. The summed E-state index contributed by atoms with van der Waals surface area (Å²) in [5.41, 5.74) is 3.88. The number of nitrogens with one attached hydrogen (secondary N) is 1. The Balaban J connectivity index is 1.64. The van der Waals surface area contributed by atoms with Crippen LogP contribution in [-0.4, -0.2) is 23.2 Å². The molecule has 0 heterocycles. The minimum Gasteiger partial charge on any atom is -0.481 e. The fraction of sp³-hybridized carbons (Fsp3) is 0.350. The fourth-order valence-electron chi connectivity index (χ4n) is 3.48. The number of hydrogen-bond donors (Lipinski definition) is 2. The van der Waals surface area contributed by atoms with E-state index in [0.29, 0.717) is 12.5 Å². The Bertz CT molecular complexity index is 702. The highest BCUT2D eigenvalue weighted by Crippen LogP contribution is 2.26. The lowest BCUT2D eigenvalue weighted by Crippen LogP contribution is -2.40. The van der Waals surface area contributed by atoms with Crippen molar-refractivity contribution in [2.24, 2.45) is 0 Å². The number of benzene rings is 2. The second-order valence-electron chi connectivity index (χ2n) is 6.50. The molecule has 126 valence electrons. The maximum Gasteiger partial charge on any atom is 0.303 e. The number of carboxylic acids is 1. The summed E-state index contributed by atoms with van der Waals surface area (Å²) in [7, 11) is 0. The average molecular weight is 344 g/mol. The molecule has 2 atom stereocenters. The van der Waals surface area contributed by atoms with Crippen LogP contribution >= 0.6 is 11.6 Å². The van der Waals surface area contributed by atoms with E-state index in [1.165, 1.54) is 16.7 Å². The van der Waals surface area contributed by atoms with Crippen LogP contribution in [0.15, 0.2) is 48.5 Å². The van der Waals surface area contributed by atoms with Crippen LogP contribution in [0.25, 0.3) is 0 Å². The van der Waals surface area contributed by atoms with Crippen LogP contribution < -0.4 is 5.32 Å². The number of hydrogen-bond acceptors (Lipinski definition) is 2. The molecule has 0 amide bonds. The minimum atomic E-state index is -0.739. The molecule has 0 spiro atoms. The van der Waals surface area contributed by atoms with Crippen molar-refractivity contribution in [2.45, 2.75) is 44.2 Å². The van der Waals surface area contributed by atoms with Gasteiger partial charge in [0.25, 0.3) is 0 Å². The molecule has 0 bridgehead atoms. The van der Waals surface area contributed by atoms with E-state index >= 15 is 0 Å². The molecule has 0 aliphatic heterocycles. The lowest BCUT2D eigenvalue weighted by Gasteiger charge is -2.23. The maximum atomic E-state index is 11.0. The molecule has 0 saturated carbocycles. The van der Waals surface area contributed by atoms with E-state index in [4.69, 9.17) is 16.7 Å². The van der Waals surface area contributed by atoms with Gasteiger partial charge in [-0.15, -0.1) is 0 Å². The highest BCUT2D eigenvalue weighted by molar-refractivity contribution is 6.30. The van der Waals surface area contributed by atoms with Crippen molar-refractivity contribution in [1.82, 2.24) is 5.32 Å². The van der Waals surface area contributed by atoms with Crippen molar-refractivity contribution in [2.75, 3.05) is 0 Å². The summed E-state index contributed by atoms with van der Waals surface area (Å²) in [6.45, 7) is 0. The Morgan fingerprint density at radius 1 is 1.17 bits per heavy atom. The maximum absolute atomic E-state index is 11.0. The largest absolute Gasteiger partial charge is 0.481 e. The van der Waals surface area contributed by atoms with Crippen molar-refractivity contribution >= 4 is 17.6 Å². The predicted molar refractivity (Wildman–Crippen MR) is 96.6 cm³/mol. The van der Waals surface area contributed by atoms with E-state index in [-0.39, 0.29) is 12.5 Å². The van der Waals surface area contributed by atoms with Gasteiger partial charge in [-0.3, -0.25) is 4.79 Å². The minimum absolute atomic E-state index is 0.165. The molecule has 3 rings (SSSR count). The molecule has 2 aromatic carbocycles. The zero-order valence-corrected chi connectivity index (χ0v) is 14.3. The number of rotatable bonds is 7. The summed E-state index contributed by atoms with van der Waals surface area (Å²) in [5, 5.41) is 13.5. The van der Waals surface area contributed by atoms with Crippen molar-refractivity contribution in [3.63, 3.8) is 0 Å². The first-order valence-corrected chi connectivity index (χ1v) is 8.77. The molecule has 3 nitrogen and oxygen atoms in total. The Hall–Kier alpha value is -1.84. The van der Waals surface area contributed by atoms with Gasteiger partial charge in [-0.2, -0.15) is 0 Å². The molecule has 0 aromatic heterocycles. The lowest BCUT2D eigenvalue weighted by atomic mass is 10.00. The molecule has 2 unspecified atom stereocenters. The topological polar surface area (TPSA) is 49.3 Å². The highest BCUT2D eigenvalue weighted by Gasteiger charge is 2.24. The van der Waals surface area contributed by atoms with Crippen LogP contribution in [0.5, 0.6) is 0 Å². The van der Waals surface area contributed by atoms with Gasteiger partial charge in [-0.25, -0.2) is 0 Å². The van der Waals surface area contributed by atoms with E-state index in [0.717, 1.165) is 24.3 Å². The van der Waals surface area contributed by atoms with Gasteiger partial charge in [-0.05, 0) is 54.5 Å². The van der Waals surface area contributed by atoms with Crippen LogP contribution in [0.2, 0.25) is 5.02 Å². The van der Waals surface area contributed by atoms with Crippen molar-refractivity contribution in [3.05, 3.63) is 70.2 Å². The Morgan fingerprint density at radius 2 is 1.92 bits per heavy atom. The van der Waals surface area contributed by atoms with Crippen LogP contribution in [-0.2, 0) is 24.1 Å². The first-order valence-electron chi connectivity index (χ1n) is 8.39. The Morgan fingerprint density at radius 3 is 2.67 bits per heavy atom. The van der Waals surface area contributed by atoms with Crippen molar-refractivity contribution in [3.8, 4) is 0 Å². The normalized spacial score (nSPS) is 17.5. The van der Waals surface area contributed by atoms with Crippen molar-refractivity contribution < 1.29 is 9.90 Å². The van der Waals surface area contributed by atoms with E-state index in [2.05, 4.69) is 23.5 Å². The average Bonchev–Trinajstić information content (AvgIpc) is 2.95. The smallest absolute Gasteiger partial charge is 0.303 e. The summed E-state index contributed by atoms with van der Waals surface area (Å²) < 4.78 is 0. The fourth-order valence-corrected chi connectivity index (χ4v) is 3.67. The molecule has 2 N–H and O–H groups in total. The second-order valence-corrected chi connectivity index (χ2v) is 6.94. The molecule has 0 fully saturated rings. The Kier molecular flexibility index (Phi) is 5.54. The molecule has 0 radical (unpaired) electrons. The first kappa shape index (κ1) is 17.0. The van der Waals surface area contributed by atoms with Gasteiger partial charge < -0.3 is 10.4 Å². The van der Waals surface area contributed by atoms with Gasteiger partial charge in [0.1, 0.15) is 0 Å². The van der Waals surface area contributed by atoms with Gasteiger partial charge in [0.15, 0.2) is 0 Å². The first-order chi connectivity index (χ1) is 11.6. The molecule has 1 aliphatic rings. The molecule has 24 heavy (non-hydrogen) atoms. The molecule has 1 aliphatic carbocycles. The molecule has 0 saturated heterocycles. The standard InChI is InChI=1S/C20H22ClNO2/c21-17-7-6-15-12-19(13-16(15)11-17)22-18(8-9-20(23)24)10-14-4-2-1-3-5-14/h1-7,11,18-19,22H,8-10,12-13H2,(H,23,24). The highest BCUT2D eigenvalue weighted by atomic mass is 35.5. The third-order valence-corrected chi connectivity index (χ3v) is 4.84. The second kappa shape index (κ2) is 7.82. The third-order valence-electron chi connectivity index (χ3n) is 4.60. The summed E-state index contributed by atoms with van der Waals surface area (Å²) >= 11 is 6.08. The summed E-state index contributed by atoms with van der Waals surface area (Å²) in [6.07, 6.45) is 3.61. The molecule has 4 heteroatoms. The number of aliphatic carboxylic acids is 1. The predicted octanol–water partition coefficient (Wildman–Crippen LogP) is 3.87. The summed E-state index contributed by atoms with van der Waals surface area (Å²) in [5.74, 6) is -0.739. The van der Waals surface area contributed by atoms with Gasteiger partial charge in [0.2, 0.25) is 0 Å². The number of halogens is 1. The SMILES string of the molecule is O=C(O)CCC(Cc1ccccc1)NC1Cc2ccc(Cl)cc2C1. The zero-order chi connectivity index (χ0) is 16.9. The van der Waals surface area contributed by atoms with E-state index < -0.39 is 5.97 Å². The van der Waals surface area contributed by atoms with Crippen LogP contribution in [0.3, 0.4) is 0 Å². The molecular weight excluding hydrogens is 322 g/mol. The van der Waals surface area contributed by atoms with Gasteiger partial charge in [0.05, 0.1) is 0 Å². The van der Waals surface area contributed by atoms with Crippen molar-refractivity contribution in [1.29, 1.82) is 0 Å². The zero-order valence-electron chi connectivity index (χ0n) is 13.5. The van der Waals surface area contributed by atoms with Gasteiger partial charge in [-0.1, -0.05) is 48.0 Å². The summed E-state index contributed by atoms with van der Waals surface area (Å²) in [4.78, 5) is 11.0. The van der Waals surface area contributed by atoms with E-state index in [9.17, 15) is 4.79 Å².